The molecule has 7 N–H and O–H groups in total. The van der Waals surface area contributed by atoms with E-state index < -0.39 is 49.6 Å². The fourth-order valence-corrected chi connectivity index (χ4v) is 1.90. The second-order valence-electron chi connectivity index (χ2n) is 3.92. The molecule has 114 valence electrons. The average Bonchev–Trinajstić information content (AvgIpc) is 2.25. The molecule has 1 rings (SSSR count). The summed E-state index contributed by atoms with van der Waals surface area (Å²) in [5.41, 5.74) is 9.48. The number of rotatable bonds is 4. The lowest BCUT2D eigenvalue weighted by Crippen LogP contribution is -2.67. The largest absolute Gasteiger partial charge is 0.393 e. The van der Waals surface area contributed by atoms with Crippen LogP contribution in [0.25, 0.3) is 0 Å². The van der Waals surface area contributed by atoms with Crippen LogP contribution in [0.2, 0.25) is 0 Å². The van der Waals surface area contributed by atoms with Crippen molar-refractivity contribution in [3.8, 4) is 0 Å². The van der Waals surface area contributed by atoms with Gasteiger partial charge >= 0.3 is 23.4 Å². The fraction of sp³-hybridized carbons (Fsp3) is 0.286. The molecule has 0 bridgehead atoms. The number of nitrogens with zero attached hydrogens (tertiary/aromatic N) is 3. The van der Waals surface area contributed by atoms with Crippen molar-refractivity contribution in [3.05, 3.63) is 53.5 Å². The molecule has 0 aromatic heterocycles. The molecule has 21 heavy (non-hydrogen) atoms. The lowest BCUT2D eigenvalue weighted by atomic mass is 9.90. The molecule has 1 aliphatic carbocycles. The molecule has 2 unspecified atom stereocenters. The Morgan fingerprint density at radius 1 is 1.24 bits per heavy atom. The molecular formula is C7H9N7O7. The van der Waals surface area contributed by atoms with Gasteiger partial charge in [0.1, 0.15) is 5.70 Å². The number of primary amides is 1. The van der Waals surface area contributed by atoms with Crippen LogP contribution in [-0.2, 0) is 0 Å². The van der Waals surface area contributed by atoms with Crippen LogP contribution in [0.15, 0.2) is 23.2 Å². The van der Waals surface area contributed by atoms with Crippen LogP contribution >= 0.6 is 0 Å². The second kappa shape index (κ2) is 4.91. The van der Waals surface area contributed by atoms with E-state index in [9.17, 15) is 35.1 Å². The van der Waals surface area contributed by atoms with Gasteiger partial charge in [0, 0.05) is 4.92 Å². The van der Waals surface area contributed by atoms with E-state index in [0.29, 0.717) is 6.08 Å². The van der Waals surface area contributed by atoms with Gasteiger partial charge in [-0.2, -0.15) is 0 Å². The highest BCUT2D eigenvalue weighted by Gasteiger charge is 2.64. The minimum atomic E-state index is -2.93. The summed E-state index contributed by atoms with van der Waals surface area (Å²) in [7, 11) is 0. The maximum Gasteiger partial charge on any atom is 0.391 e. The predicted molar refractivity (Wildman–Crippen MR) is 63.7 cm³/mol. The summed E-state index contributed by atoms with van der Waals surface area (Å²) in [6, 6.07) is -3.92. The molecule has 0 heterocycles. The molecule has 2 amide bonds. The summed E-state index contributed by atoms with van der Waals surface area (Å²) < 4.78 is 0. The number of hydrogen-bond acceptors (Lipinski definition) is 9. The van der Waals surface area contributed by atoms with Crippen LogP contribution in [0.3, 0.4) is 0 Å². The normalized spacial score (nSPS) is 25.0. The third-order valence-electron chi connectivity index (χ3n) is 2.65. The molecule has 0 aliphatic heterocycles. The van der Waals surface area contributed by atoms with Crippen molar-refractivity contribution in [3.63, 3.8) is 0 Å². The van der Waals surface area contributed by atoms with Gasteiger partial charge in [-0.3, -0.25) is 35.7 Å². The van der Waals surface area contributed by atoms with E-state index in [-0.39, 0.29) is 0 Å². The van der Waals surface area contributed by atoms with E-state index in [0.717, 1.165) is 0 Å². The van der Waals surface area contributed by atoms with Gasteiger partial charge in [0.25, 0.3) is 0 Å². The van der Waals surface area contributed by atoms with Gasteiger partial charge in [0.2, 0.25) is 0 Å². The van der Waals surface area contributed by atoms with Crippen molar-refractivity contribution in [2.75, 3.05) is 0 Å². The standard InChI is InChI=1S/C7H9N7O7/c8-2-1-7(14(20)21,11-6(10)15)5(13(18)19)3(9)4(2)12(16)17/h1,5H,8-9H2,(H3,10,11,15). The Balaban J connectivity index is 3.67. The van der Waals surface area contributed by atoms with Crippen LogP contribution < -0.4 is 22.5 Å². The van der Waals surface area contributed by atoms with Gasteiger partial charge in [-0.15, -0.1) is 0 Å². The van der Waals surface area contributed by atoms with Crippen LogP contribution in [-0.4, -0.2) is 32.5 Å². The first-order chi connectivity index (χ1) is 9.54. The van der Waals surface area contributed by atoms with Gasteiger partial charge in [0.15, 0.2) is 5.70 Å². The monoisotopic (exact) mass is 303 g/mol. The molecule has 14 heteroatoms. The molecule has 0 saturated carbocycles. The van der Waals surface area contributed by atoms with Gasteiger partial charge in [-0.1, -0.05) is 0 Å². The predicted octanol–water partition coefficient (Wildman–Crippen LogP) is -2.42. The Bertz CT molecular complexity index is 610. The van der Waals surface area contributed by atoms with Crippen LogP contribution in [0.5, 0.6) is 0 Å². The zero-order chi connectivity index (χ0) is 16.5. The highest BCUT2D eigenvalue weighted by Crippen LogP contribution is 2.30. The van der Waals surface area contributed by atoms with Gasteiger partial charge in [0.05, 0.1) is 15.9 Å². The van der Waals surface area contributed by atoms with Crippen LogP contribution in [0, 0.1) is 30.3 Å². The van der Waals surface area contributed by atoms with E-state index in [1.54, 1.807) is 5.32 Å². The number of carbonyl (C=O) groups is 1. The van der Waals surface area contributed by atoms with Crippen molar-refractivity contribution in [2.45, 2.75) is 11.7 Å². The summed E-state index contributed by atoms with van der Waals surface area (Å²) in [5.74, 6) is 0. The average molecular weight is 303 g/mol. The summed E-state index contributed by atoms with van der Waals surface area (Å²) in [6.45, 7) is 0. The molecule has 0 aromatic rings. The molecule has 1 aliphatic rings. The molecule has 2 atom stereocenters. The molecule has 0 radical (unpaired) electrons. The Kier molecular flexibility index (Phi) is 3.65. The Labute approximate surface area is 114 Å². The number of urea groups is 1. The highest BCUT2D eigenvalue weighted by atomic mass is 16.7. The first-order valence-corrected chi connectivity index (χ1v) is 5.03. The molecule has 0 aromatic carbocycles. The third kappa shape index (κ3) is 2.36. The summed E-state index contributed by atoms with van der Waals surface area (Å²) in [6.07, 6.45) is 0.361. The lowest BCUT2D eigenvalue weighted by Gasteiger charge is -2.27. The van der Waals surface area contributed by atoms with Gasteiger partial charge in [-0.05, 0) is 0 Å². The van der Waals surface area contributed by atoms with Crippen molar-refractivity contribution in [1.82, 2.24) is 5.32 Å². The van der Waals surface area contributed by atoms with E-state index in [2.05, 4.69) is 0 Å². The number of nitrogens with two attached hydrogens (primary N) is 3. The van der Waals surface area contributed by atoms with Crippen LogP contribution in [0.4, 0.5) is 4.79 Å². The molecule has 0 spiro atoms. The Hall–Kier alpha value is -3.45. The smallest absolute Gasteiger partial charge is 0.391 e. The lowest BCUT2D eigenvalue weighted by molar-refractivity contribution is -0.641. The van der Waals surface area contributed by atoms with Crippen molar-refractivity contribution >= 4 is 6.03 Å². The molecule has 14 nitrogen and oxygen atoms in total. The first-order valence-electron chi connectivity index (χ1n) is 5.03. The maximum atomic E-state index is 11.2. The third-order valence-corrected chi connectivity index (χ3v) is 2.65. The van der Waals surface area contributed by atoms with Crippen molar-refractivity contribution < 1.29 is 19.6 Å². The highest BCUT2D eigenvalue weighted by molar-refractivity contribution is 5.73. The Morgan fingerprint density at radius 3 is 2.10 bits per heavy atom. The van der Waals surface area contributed by atoms with Crippen molar-refractivity contribution in [1.29, 1.82) is 0 Å². The molecule has 0 fully saturated rings. The van der Waals surface area contributed by atoms with Gasteiger partial charge in [-0.25, -0.2) is 4.79 Å². The quantitative estimate of drug-likeness (QED) is 0.245. The number of amides is 2. The van der Waals surface area contributed by atoms with E-state index >= 15 is 0 Å². The Morgan fingerprint density at radius 2 is 1.76 bits per heavy atom. The fourth-order valence-electron chi connectivity index (χ4n) is 1.90. The number of nitrogens with one attached hydrogen (secondary N) is 1. The van der Waals surface area contributed by atoms with E-state index in [1.807, 2.05) is 0 Å². The number of hydrogen-bond donors (Lipinski definition) is 4. The van der Waals surface area contributed by atoms with Gasteiger partial charge < -0.3 is 17.2 Å². The zero-order valence-corrected chi connectivity index (χ0v) is 10.1. The molecule has 0 saturated heterocycles. The second-order valence-corrected chi connectivity index (χ2v) is 3.92. The van der Waals surface area contributed by atoms with Crippen molar-refractivity contribution in [2.24, 2.45) is 17.2 Å². The summed E-state index contributed by atoms with van der Waals surface area (Å²) >= 11 is 0. The SMILES string of the molecule is NC(=O)NC1([N+](=O)[O-])C=C(N)C([N+](=O)[O-])=C(N)C1[N+](=O)[O-]. The topological polar surface area (TPSA) is 237 Å². The number of nitro groups is 3. The number of carbonyl (C=O) groups excluding carboxylic acids is 1. The van der Waals surface area contributed by atoms with E-state index in [1.165, 1.54) is 0 Å². The first kappa shape index (κ1) is 15.6. The summed E-state index contributed by atoms with van der Waals surface area (Å²) in [5, 5.41) is 34.6. The minimum Gasteiger partial charge on any atom is -0.393 e. The minimum absolute atomic E-state index is 0.361. The molecular weight excluding hydrogens is 294 g/mol. The summed E-state index contributed by atoms with van der Waals surface area (Å²) in [4.78, 5) is 40.3. The zero-order valence-electron chi connectivity index (χ0n) is 10.1. The van der Waals surface area contributed by atoms with Crippen LogP contribution in [0.1, 0.15) is 0 Å². The van der Waals surface area contributed by atoms with E-state index in [4.69, 9.17) is 17.2 Å². The maximum absolute atomic E-state index is 11.2.